The van der Waals surface area contributed by atoms with Crippen molar-refractivity contribution in [1.29, 1.82) is 0 Å². The number of hydrogen-bond donors (Lipinski definition) is 1. The Kier molecular flexibility index (Phi) is 4.38. The molecular weight excluding hydrogens is 234 g/mol. The van der Waals surface area contributed by atoms with E-state index in [-0.39, 0.29) is 6.04 Å². The minimum Gasteiger partial charge on any atom is -0.309 e. The molecule has 1 atom stereocenters. The molecule has 19 heavy (non-hydrogen) atoms. The van der Waals surface area contributed by atoms with E-state index < -0.39 is 0 Å². The Morgan fingerprint density at radius 1 is 1.26 bits per heavy atom. The zero-order valence-corrected chi connectivity index (χ0v) is 12.3. The minimum absolute atomic E-state index is 0.284. The predicted octanol–water partition coefficient (Wildman–Crippen LogP) is 2.93. The van der Waals surface area contributed by atoms with E-state index in [0.29, 0.717) is 0 Å². The summed E-state index contributed by atoms with van der Waals surface area (Å²) in [5.41, 5.74) is 5.18. The summed E-state index contributed by atoms with van der Waals surface area (Å²) in [5.74, 6) is 0. The Hall–Kier alpha value is -1.61. The molecule has 2 rings (SSSR count). The summed E-state index contributed by atoms with van der Waals surface area (Å²) in [5, 5.41) is 8.06. The first-order valence-electron chi connectivity index (χ1n) is 6.89. The van der Waals surface area contributed by atoms with Crippen LogP contribution in [-0.4, -0.2) is 16.3 Å². The Morgan fingerprint density at radius 2 is 2.05 bits per heavy atom. The third-order valence-corrected chi connectivity index (χ3v) is 3.47. The van der Waals surface area contributed by atoms with Crippen LogP contribution in [0, 0.1) is 13.8 Å². The Balaban J connectivity index is 2.23. The van der Waals surface area contributed by atoms with Crippen LogP contribution in [0.15, 0.2) is 30.5 Å². The van der Waals surface area contributed by atoms with Gasteiger partial charge in [-0.25, -0.2) is 0 Å². The first-order valence-corrected chi connectivity index (χ1v) is 6.89. The van der Waals surface area contributed by atoms with Crippen LogP contribution in [0.25, 0.3) is 0 Å². The van der Waals surface area contributed by atoms with Crippen LogP contribution >= 0.6 is 0 Å². The van der Waals surface area contributed by atoms with E-state index in [1.165, 1.54) is 16.7 Å². The summed E-state index contributed by atoms with van der Waals surface area (Å²) in [6.45, 7) is 7.41. The normalized spacial score (nSPS) is 12.6. The topological polar surface area (TPSA) is 29.9 Å². The van der Waals surface area contributed by atoms with Gasteiger partial charge in [-0.3, -0.25) is 4.68 Å². The van der Waals surface area contributed by atoms with Crippen molar-refractivity contribution in [3.63, 3.8) is 0 Å². The van der Waals surface area contributed by atoms with Crippen molar-refractivity contribution in [3.05, 3.63) is 52.8 Å². The van der Waals surface area contributed by atoms with Gasteiger partial charge < -0.3 is 5.32 Å². The molecule has 3 heteroatoms. The van der Waals surface area contributed by atoms with Crippen LogP contribution in [0.4, 0.5) is 0 Å². The van der Waals surface area contributed by atoms with E-state index in [2.05, 4.69) is 55.5 Å². The molecule has 1 unspecified atom stereocenters. The highest BCUT2D eigenvalue weighted by molar-refractivity contribution is 5.31. The third kappa shape index (κ3) is 3.44. The molecule has 0 bridgehead atoms. The van der Waals surface area contributed by atoms with Crippen molar-refractivity contribution in [2.75, 3.05) is 6.54 Å². The van der Waals surface area contributed by atoms with Crippen LogP contribution in [0.5, 0.6) is 0 Å². The number of nitrogens with one attached hydrogen (secondary N) is 1. The van der Waals surface area contributed by atoms with Gasteiger partial charge in [0.05, 0.1) is 11.7 Å². The lowest BCUT2D eigenvalue weighted by Gasteiger charge is -2.17. The molecule has 0 aliphatic rings. The lowest BCUT2D eigenvalue weighted by molar-refractivity contribution is 0.527. The van der Waals surface area contributed by atoms with Gasteiger partial charge in [0.2, 0.25) is 0 Å². The molecular formula is C16H23N3. The average molecular weight is 257 g/mol. The standard InChI is InChI=1S/C16H23N3/c1-5-17-16(15-8-9-19(4)18-15)11-14-10-12(2)6-7-13(14)3/h6-10,16-17H,5,11H2,1-4H3. The maximum absolute atomic E-state index is 4.53. The molecule has 0 saturated carbocycles. The van der Waals surface area contributed by atoms with Crippen LogP contribution in [0.1, 0.15) is 35.3 Å². The van der Waals surface area contributed by atoms with Gasteiger partial charge in [-0.15, -0.1) is 0 Å². The highest BCUT2D eigenvalue weighted by atomic mass is 15.3. The zero-order valence-electron chi connectivity index (χ0n) is 12.3. The number of aromatic nitrogens is 2. The molecule has 0 saturated heterocycles. The number of aryl methyl sites for hydroxylation is 3. The van der Waals surface area contributed by atoms with Gasteiger partial charge in [0.25, 0.3) is 0 Å². The third-order valence-electron chi connectivity index (χ3n) is 3.47. The largest absolute Gasteiger partial charge is 0.309 e. The second-order valence-electron chi connectivity index (χ2n) is 5.16. The minimum atomic E-state index is 0.284. The van der Waals surface area contributed by atoms with Crippen LogP contribution in [0.3, 0.4) is 0 Å². The molecule has 0 spiro atoms. The van der Waals surface area contributed by atoms with Crippen molar-refractivity contribution in [2.45, 2.75) is 33.2 Å². The second-order valence-corrected chi connectivity index (χ2v) is 5.16. The maximum Gasteiger partial charge on any atom is 0.0797 e. The average Bonchev–Trinajstić information content (AvgIpc) is 2.80. The van der Waals surface area contributed by atoms with E-state index in [0.717, 1.165) is 18.7 Å². The van der Waals surface area contributed by atoms with Crippen molar-refractivity contribution < 1.29 is 0 Å². The molecule has 0 amide bonds. The van der Waals surface area contributed by atoms with Crippen LogP contribution < -0.4 is 5.32 Å². The molecule has 102 valence electrons. The lowest BCUT2D eigenvalue weighted by atomic mass is 9.97. The summed E-state index contributed by atoms with van der Waals surface area (Å²) in [6, 6.07) is 9.03. The van der Waals surface area contributed by atoms with E-state index in [1.54, 1.807) is 0 Å². The molecule has 3 nitrogen and oxygen atoms in total. The summed E-state index contributed by atoms with van der Waals surface area (Å²) < 4.78 is 1.86. The number of hydrogen-bond acceptors (Lipinski definition) is 2. The highest BCUT2D eigenvalue weighted by Gasteiger charge is 2.15. The molecule has 0 aliphatic heterocycles. The lowest BCUT2D eigenvalue weighted by Crippen LogP contribution is -2.24. The summed E-state index contributed by atoms with van der Waals surface area (Å²) in [6.07, 6.45) is 2.99. The number of nitrogens with zero attached hydrogens (tertiary/aromatic N) is 2. The maximum atomic E-state index is 4.53. The second kappa shape index (κ2) is 6.02. The number of rotatable bonds is 5. The van der Waals surface area contributed by atoms with Gasteiger partial charge in [-0.2, -0.15) is 5.10 Å². The smallest absolute Gasteiger partial charge is 0.0797 e. The fraction of sp³-hybridized carbons (Fsp3) is 0.438. The summed E-state index contributed by atoms with van der Waals surface area (Å²) in [7, 11) is 1.96. The Morgan fingerprint density at radius 3 is 2.68 bits per heavy atom. The predicted molar refractivity (Wildman–Crippen MR) is 79.2 cm³/mol. The fourth-order valence-electron chi connectivity index (χ4n) is 2.39. The first kappa shape index (κ1) is 13.8. The number of benzene rings is 1. The summed E-state index contributed by atoms with van der Waals surface area (Å²) >= 11 is 0. The molecule has 1 aromatic heterocycles. The van der Waals surface area contributed by atoms with Gasteiger partial charge >= 0.3 is 0 Å². The molecule has 0 fully saturated rings. The molecule has 2 aromatic rings. The van der Waals surface area contributed by atoms with Crippen molar-refractivity contribution in [2.24, 2.45) is 7.05 Å². The first-order chi connectivity index (χ1) is 9.10. The number of likely N-dealkylation sites (N-methyl/N-ethyl adjacent to an activating group) is 1. The monoisotopic (exact) mass is 257 g/mol. The molecule has 1 N–H and O–H groups in total. The van der Waals surface area contributed by atoms with Gasteiger partial charge in [0.1, 0.15) is 0 Å². The van der Waals surface area contributed by atoms with E-state index in [9.17, 15) is 0 Å². The van der Waals surface area contributed by atoms with E-state index in [4.69, 9.17) is 0 Å². The van der Waals surface area contributed by atoms with Crippen molar-refractivity contribution in [1.82, 2.24) is 15.1 Å². The van der Waals surface area contributed by atoms with Gasteiger partial charge in [0, 0.05) is 13.2 Å². The Bertz CT molecular complexity index is 543. The summed E-state index contributed by atoms with van der Waals surface area (Å²) in [4.78, 5) is 0. The molecule has 1 heterocycles. The fourth-order valence-corrected chi connectivity index (χ4v) is 2.39. The SMILES string of the molecule is CCNC(Cc1cc(C)ccc1C)c1ccn(C)n1. The quantitative estimate of drug-likeness (QED) is 0.892. The van der Waals surface area contributed by atoms with Crippen molar-refractivity contribution in [3.8, 4) is 0 Å². The van der Waals surface area contributed by atoms with E-state index in [1.807, 2.05) is 17.9 Å². The van der Waals surface area contributed by atoms with E-state index >= 15 is 0 Å². The zero-order chi connectivity index (χ0) is 13.8. The molecule has 0 aliphatic carbocycles. The van der Waals surface area contributed by atoms with Gasteiger partial charge in [-0.05, 0) is 44.0 Å². The van der Waals surface area contributed by atoms with Crippen molar-refractivity contribution >= 4 is 0 Å². The molecule has 0 radical (unpaired) electrons. The highest BCUT2D eigenvalue weighted by Crippen LogP contribution is 2.20. The van der Waals surface area contributed by atoms with Gasteiger partial charge in [-0.1, -0.05) is 30.7 Å². The van der Waals surface area contributed by atoms with Crippen LogP contribution in [0.2, 0.25) is 0 Å². The van der Waals surface area contributed by atoms with Gasteiger partial charge in [0.15, 0.2) is 0 Å². The van der Waals surface area contributed by atoms with Crippen LogP contribution in [-0.2, 0) is 13.5 Å². The molecule has 1 aromatic carbocycles. The Labute approximate surface area is 115 Å².